The van der Waals surface area contributed by atoms with Gasteiger partial charge >= 0.3 is 0 Å². The Balaban J connectivity index is 2.14. The Morgan fingerprint density at radius 3 is 3.00 bits per heavy atom. The van der Waals surface area contributed by atoms with E-state index in [-0.39, 0.29) is 0 Å². The summed E-state index contributed by atoms with van der Waals surface area (Å²) in [6.07, 6.45) is 1.19. The first-order valence-electron chi connectivity index (χ1n) is 3.97. The topological polar surface area (TPSA) is 20.2 Å². The summed E-state index contributed by atoms with van der Waals surface area (Å²) in [6, 6.07) is 2.16. The number of rotatable bonds is 2. The van der Waals surface area contributed by atoms with Crippen LogP contribution in [-0.2, 0) is 0 Å². The highest BCUT2D eigenvalue weighted by molar-refractivity contribution is 7.10. The molecular formula is C9H12OS. The van der Waals surface area contributed by atoms with E-state index in [1.165, 1.54) is 16.9 Å². The van der Waals surface area contributed by atoms with E-state index in [0.29, 0.717) is 18.4 Å². The number of hydrogen-bond donors (Lipinski definition) is 1. The normalized spacial score (nSPS) is 28.9. The molecule has 0 spiro atoms. The van der Waals surface area contributed by atoms with Crippen LogP contribution in [0.1, 0.15) is 22.8 Å². The Kier molecular flexibility index (Phi) is 1.74. The molecule has 1 fully saturated rings. The van der Waals surface area contributed by atoms with Gasteiger partial charge in [-0.2, -0.15) is 0 Å². The molecule has 2 rings (SSSR count). The number of aliphatic hydroxyl groups excluding tert-OH is 1. The number of hydrogen-bond acceptors (Lipinski definition) is 2. The molecular weight excluding hydrogens is 156 g/mol. The number of aryl methyl sites for hydroxylation is 1. The lowest BCUT2D eigenvalue weighted by Crippen LogP contribution is -1.87. The van der Waals surface area contributed by atoms with Gasteiger partial charge in [0, 0.05) is 11.5 Å². The number of aliphatic hydroxyl groups is 1. The van der Waals surface area contributed by atoms with E-state index >= 15 is 0 Å². The van der Waals surface area contributed by atoms with Crippen LogP contribution in [0.15, 0.2) is 11.4 Å². The Morgan fingerprint density at radius 1 is 1.73 bits per heavy atom. The van der Waals surface area contributed by atoms with Crippen molar-refractivity contribution in [2.45, 2.75) is 19.3 Å². The maximum Gasteiger partial charge on any atom is 0.0465 e. The molecule has 1 aromatic rings. The molecule has 2 atom stereocenters. The molecule has 0 aromatic carbocycles. The molecule has 2 unspecified atom stereocenters. The quantitative estimate of drug-likeness (QED) is 0.717. The zero-order valence-electron chi connectivity index (χ0n) is 6.58. The Morgan fingerprint density at radius 2 is 2.55 bits per heavy atom. The van der Waals surface area contributed by atoms with Crippen molar-refractivity contribution in [2.75, 3.05) is 6.61 Å². The van der Waals surface area contributed by atoms with Crippen LogP contribution in [0.3, 0.4) is 0 Å². The van der Waals surface area contributed by atoms with Crippen LogP contribution in [0.2, 0.25) is 0 Å². The molecule has 2 heteroatoms. The van der Waals surface area contributed by atoms with Crippen molar-refractivity contribution in [3.8, 4) is 0 Å². The van der Waals surface area contributed by atoms with Gasteiger partial charge in [0.2, 0.25) is 0 Å². The van der Waals surface area contributed by atoms with Crippen LogP contribution < -0.4 is 0 Å². The molecule has 1 heterocycles. The fourth-order valence-electron chi connectivity index (χ4n) is 1.53. The smallest absolute Gasteiger partial charge is 0.0465 e. The van der Waals surface area contributed by atoms with Gasteiger partial charge in [0.15, 0.2) is 0 Å². The zero-order chi connectivity index (χ0) is 7.84. The zero-order valence-corrected chi connectivity index (χ0v) is 7.40. The molecule has 1 aromatic heterocycles. The third kappa shape index (κ3) is 1.21. The third-order valence-corrected chi connectivity index (χ3v) is 3.55. The van der Waals surface area contributed by atoms with Gasteiger partial charge in [-0.05, 0) is 42.2 Å². The second kappa shape index (κ2) is 2.61. The van der Waals surface area contributed by atoms with E-state index in [1.807, 2.05) is 11.3 Å². The largest absolute Gasteiger partial charge is 0.396 e. The summed E-state index contributed by atoms with van der Waals surface area (Å²) < 4.78 is 0. The van der Waals surface area contributed by atoms with Crippen LogP contribution in [0.5, 0.6) is 0 Å². The van der Waals surface area contributed by atoms with E-state index in [4.69, 9.17) is 5.11 Å². The average Bonchev–Trinajstić information content (AvgIpc) is 2.68. The average molecular weight is 168 g/mol. The molecule has 1 aliphatic rings. The minimum absolute atomic E-state index is 0.363. The SMILES string of the molecule is Cc1ccsc1C1CC1CO. The predicted molar refractivity (Wildman–Crippen MR) is 47.0 cm³/mol. The van der Waals surface area contributed by atoms with E-state index in [9.17, 15) is 0 Å². The van der Waals surface area contributed by atoms with Crippen molar-refractivity contribution < 1.29 is 5.11 Å². The van der Waals surface area contributed by atoms with Crippen LogP contribution in [0.25, 0.3) is 0 Å². The van der Waals surface area contributed by atoms with Crippen molar-refractivity contribution >= 4 is 11.3 Å². The molecule has 0 saturated heterocycles. The minimum atomic E-state index is 0.363. The van der Waals surface area contributed by atoms with Crippen molar-refractivity contribution in [2.24, 2.45) is 5.92 Å². The summed E-state index contributed by atoms with van der Waals surface area (Å²) in [5.41, 5.74) is 1.40. The lowest BCUT2D eigenvalue weighted by molar-refractivity contribution is 0.274. The molecule has 1 nitrogen and oxygen atoms in total. The second-order valence-electron chi connectivity index (χ2n) is 3.25. The van der Waals surface area contributed by atoms with Crippen molar-refractivity contribution in [3.05, 3.63) is 21.9 Å². The summed E-state index contributed by atoms with van der Waals surface area (Å²) in [4.78, 5) is 1.49. The van der Waals surface area contributed by atoms with Crippen molar-refractivity contribution in [3.63, 3.8) is 0 Å². The molecule has 0 amide bonds. The Bertz CT molecular complexity index is 254. The van der Waals surface area contributed by atoms with Gasteiger partial charge < -0.3 is 5.11 Å². The molecule has 60 valence electrons. The van der Waals surface area contributed by atoms with E-state index in [2.05, 4.69) is 18.4 Å². The fourth-order valence-corrected chi connectivity index (χ4v) is 2.67. The van der Waals surface area contributed by atoms with Crippen LogP contribution >= 0.6 is 11.3 Å². The summed E-state index contributed by atoms with van der Waals surface area (Å²) >= 11 is 1.83. The fraction of sp³-hybridized carbons (Fsp3) is 0.556. The van der Waals surface area contributed by atoms with Crippen LogP contribution in [-0.4, -0.2) is 11.7 Å². The summed E-state index contributed by atoms with van der Waals surface area (Å²) in [5, 5.41) is 11.0. The van der Waals surface area contributed by atoms with Crippen LogP contribution in [0, 0.1) is 12.8 Å². The summed E-state index contributed by atoms with van der Waals surface area (Å²) in [6.45, 7) is 2.51. The van der Waals surface area contributed by atoms with Gasteiger partial charge in [-0.15, -0.1) is 11.3 Å². The number of thiophene rings is 1. The first-order chi connectivity index (χ1) is 5.33. The highest BCUT2D eigenvalue weighted by Crippen LogP contribution is 2.49. The molecule has 11 heavy (non-hydrogen) atoms. The van der Waals surface area contributed by atoms with E-state index in [0.717, 1.165) is 0 Å². The highest BCUT2D eigenvalue weighted by Gasteiger charge is 2.38. The molecule has 1 aliphatic carbocycles. The maximum atomic E-state index is 8.87. The van der Waals surface area contributed by atoms with Crippen molar-refractivity contribution in [1.29, 1.82) is 0 Å². The third-order valence-electron chi connectivity index (χ3n) is 2.40. The molecule has 1 N–H and O–H groups in total. The lowest BCUT2D eigenvalue weighted by Gasteiger charge is -1.94. The second-order valence-corrected chi connectivity index (χ2v) is 4.20. The maximum absolute atomic E-state index is 8.87. The first-order valence-corrected chi connectivity index (χ1v) is 4.85. The first kappa shape index (κ1) is 7.32. The monoisotopic (exact) mass is 168 g/mol. The summed E-state index contributed by atoms with van der Waals surface area (Å²) in [7, 11) is 0. The minimum Gasteiger partial charge on any atom is -0.396 e. The lowest BCUT2D eigenvalue weighted by atomic mass is 10.2. The molecule has 1 saturated carbocycles. The summed E-state index contributed by atoms with van der Waals surface area (Å²) in [5.74, 6) is 1.24. The van der Waals surface area contributed by atoms with Gasteiger partial charge in [0.05, 0.1) is 0 Å². The Hall–Kier alpha value is -0.340. The Labute approximate surface area is 70.7 Å². The van der Waals surface area contributed by atoms with Gasteiger partial charge in [0.1, 0.15) is 0 Å². The van der Waals surface area contributed by atoms with Crippen molar-refractivity contribution in [1.82, 2.24) is 0 Å². The molecule has 0 bridgehead atoms. The van der Waals surface area contributed by atoms with Gasteiger partial charge in [-0.1, -0.05) is 0 Å². The highest BCUT2D eigenvalue weighted by atomic mass is 32.1. The molecule has 0 radical (unpaired) electrons. The predicted octanol–water partition coefficient (Wildman–Crippen LogP) is 2.15. The molecule has 0 aliphatic heterocycles. The van der Waals surface area contributed by atoms with E-state index in [1.54, 1.807) is 0 Å². The van der Waals surface area contributed by atoms with Gasteiger partial charge in [-0.3, -0.25) is 0 Å². The standard InChI is InChI=1S/C9H12OS/c1-6-2-3-11-9(6)8-4-7(8)5-10/h2-3,7-8,10H,4-5H2,1H3. The van der Waals surface area contributed by atoms with Crippen LogP contribution in [0.4, 0.5) is 0 Å². The van der Waals surface area contributed by atoms with E-state index < -0.39 is 0 Å². The van der Waals surface area contributed by atoms with Gasteiger partial charge in [-0.25, -0.2) is 0 Å². The van der Waals surface area contributed by atoms with Gasteiger partial charge in [0.25, 0.3) is 0 Å².